The molecule has 2 rings (SSSR count). The lowest BCUT2D eigenvalue weighted by Gasteiger charge is -2.12. The Morgan fingerprint density at radius 1 is 1.47 bits per heavy atom. The van der Waals surface area contributed by atoms with E-state index in [1.54, 1.807) is 31.2 Å². The molecule has 0 unspecified atom stereocenters. The summed E-state index contributed by atoms with van der Waals surface area (Å²) in [6, 6.07) is 6.69. The van der Waals surface area contributed by atoms with Gasteiger partial charge in [0.25, 0.3) is 0 Å². The fourth-order valence-corrected chi connectivity index (χ4v) is 1.80. The summed E-state index contributed by atoms with van der Waals surface area (Å²) >= 11 is 0. The number of esters is 1. The molecule has 0 radical (unpaired) electrons. The van der Waals surface area contributed by atoms with Crippen LogP contribution in [0.15, 0.2) is 33.7 Å². The summed E-state index contributed by atoms with van der Waals surface area (Å²) in [5.74, 6) is -0.398. The van der Waals surface area contributed by atoms with Crippen molar-refractivity contribution in [2.75, 3.05) is 0 Å². The van der Waals surface area contributed by atoms with Crippen LogP contribution in [0.5, 0.6) is 0 Å². The molecule has 1 aromatic heterocycles. The summed E-state index contributed by atoms with van der Waals surface area (Å²) in [6.07, 6.45) is 0.673. The predicted octanol–water partition coefficient (Wildman–Crippen LogP) is 2.29. The number of hydrogen-bond acceptors (Lipinski definition) is 5. The average molecular weight is 257 g/mol. The van der Waals surface area contributed by atoms with Gasteiger partial charge in [0.05, 0.1) is 5.39 Å². The molecule has 2 aromatic rings. The molecule has 0 amide bonds. The first-order valence-corrected chi connectivity index (χ1v) is 5.65. The van der Waals surface area contributed by atoms with Gasteiger partial charge in [-0.05, 0) is 24.6 Å². The van der Waals surface area contributed by atoms with E-state index in [1.165, 1.54) is 6.92 Å². The Kier molecular flexibility index (Phi) is 3.34. The lowest BCUT2D eigenvalue weighted by Crippen LogP contribution is -2.08. The van der Waals surface area contributed by atoms with Gasteiger partial charge in [-0.1, -0.05) is 6.07 Å². The van der Waals surface area contributed by atoms with Crippen molar-refractivity contribution in [2.24, 2.45) is 0 Å². The largest absolute Gasteiger partial charge is 0.463 e. The normalized spacial score (nSPS) is 11.8. The Morgan fingerprint density at radius 2 is 2.21 bits per heavy atom. The Bertz CT molecular complexity index is 739. The second kappa shape index (κ2) is 4.94. The second-order valence-corrected chi connectivity index (χ2v) is 4.10. The minimum absolute atomic E-state index is 0.0511. The Balaban J connectivity index is 2.56. The number of ether oxygens (including phenoxy) is 1. The van der Waals surface area contributed by atoms with E-state index in [2.05, 4.69) is 0 Å². The lowest BCUT2D eigenvalue weighted by atomic mass is 10.1. The SMILES string of the molecule is CC(=O)O[C@@H](C)c1ccc2occ(C#N)c(=O)c2c1. The van der Waals surface area contributed by atoms with Crippen LogP contribution in [0, 0.1) is 11.3 Å². The highest BCUT2D eigenvalue weighted by Crippen LogP contribution is 2.21. The monoisotopic (exact) mass is 257 g/mol. The molecule has 0 aliphatic carbocycles. The number of nitriles is 1. The molecule has 0 saturated heterocycles. The topological polar surface area (TPSA) is 80.3 Å². The number of hydrogen-bond donors (Lipinski definition) is 0. The predicted molar refractivity (Wildman–Crippen MR) is 67.4 cm³/mol. The van der Waals surface area contributed by atoms with Crippen LogP contribution in [0.2, 0.25) is 0 Å². The fourth-order valence-electron chi connectivity index (χ4n) is 1.80. The molecule has 1 atom stereocenters. The maximum absolute atomic E-state index is 12.0. The van der Waals surface area contributed by atoms with E-state index in [4.69, 9.17) is 14.4 Å². The van der Waals surface area contributed by atoms with Crippen molar-refractivity contribution in [3.05, 3.63) is 45.8 Å². The number of carbonyl (C=O) groups excluding carboxylic acids is 1. The van der Waals surface area contributed by atoms with Crippen LogP contribution in [0.3, 0.4) is 0 Å². The molecule has 0 N–H and O–H groups in total. The molecular weight excluding hydrogens is 246 g/mol. The van der Waals surface area contributed by atoms with Crippen molar-refractivity contribution in [1.82, 2.24) is 0 Å². The molecular formula is C14H11NO4. The molecule has 0 bridgehead atoms. The third-order valence-electron chi connectivity index (χ3n) is 2.73. The van der Waals surface area contributed by atoms with Gasteiger partial charge in [-0.25, -0.2) is 0 Å². The van der Waals surface area contributed by atoms with Gasteiger partial charge in [-0.15, -0.1) is 0 Å². The van der Waals surface area contributed by atoms with Crippen LogP contribution in [0.1, 0.15) is 31.1 Å². The molecule has 0 aliphatic rings. The van der Waals surface area contributed by atoms with Crippen LogP contribution < -0.4 is 5.43 Å². The first-order chi connectivity index (χ1) is 9.02. The van der Waals surface area contributed by atoms with Crippen molar-refractivity contribution < 1.29 is 13.9 Å². The summed E-state index contributed by atoms with van der Waals surface area (Å²) in [5, 5.41) is 9.10. The van der Waals surface area contributed by atoms with Gasteiger partial charge in [0.2, 0.25) is 5.43 Å². The number of nitrogens with zero attached hydrogens (tertiary/aromatic N) is 1. The van der Waals surface area contributed by atoms with E-state index in [0.717, 1.165) is 6.26 Å². The van der Waals surface area contributed by atoms with Crippen LogP contribution >= 0.6 is 0 Å². The third-order valence-corrected chi connectivity index (χ3v) is 2.73. The Labute approximate surface area is 109 Å². The quantitative estimate of drug-likeness (QED) is 0.771. The van der Waals surface area contributed by atoms with Gasteiger partial charge in [-0.2, -0.15) is 5.26 Å². The van der Waals surface area contributed by atoms with Gasteiger partial charge in [0.15, 0.2) is 0 Å². The highest BCUT2D eigenvalue weighted by Gasteiger charge is 2.12. The Hall–Kier alpha value is -2.61. The standard InChI is InChI=1S/C14H11NO4/c1-8(19-9(2)16)10-3-4-13-12(5-10)14(17)11(6-15)7-18-13/h3-5,7-8H,1-2H3/t8-/m0/s1. The molecule has 0 aliphatic heterocycles. The molecule has 1 aromatic carbocycles. The molecule has 0 spiro atoms. The maximum Gasteiger partial charge on any atom is 0.303 e. The molecule has 19 heavy (non-hydrogen) atoms. The lowest BCUT2D eigenvalue weighted by molar-refractivity contribution is -0.145. The molecule has 0 saturated carbocycles. The van der Waals surface area contributed by atoms with E-state index >= 15 is 0 Å². The van der Waals surface area contributed by atoms with Crippen molar-refractivity contribution in [1.29, 1.82) is 5.26 Å². The third kappa shape index (κ3) is 2.47. The van der Waals surface area contributed by atoms with Crippen molar-refractivity contribution >= 4 is 16.9 Å². The van der Waals surface area contributed by atoms with Gasteiger partial charge in [0, 0.05) is 6.92 Å². The van der Waals surface area contributed by atoms with Crippen LogP contribution in [-0.4, -0.2) is 5.97 Å². The van der Waals surface area contributed by atoms with Crippen LogP contribution in [-0.2, 0) is 9.53 Å². The molecule has 5 nitrogen and oxygen atoms in total. The summed E-state index contributed by atoms with van der Waals surface area (Å²) in [4.78, 5) is 22.9. The first kappa shape index (κ1) is 12.8. The minimum atomic E-state index is -0.466. The number of fused-ring (bicyclic) bond motifs is 1. The number of rotatable bonds is 2. The van der Waals surface area contributed by atoms with E-state index < -0.39 is 12.1 Å². The van der Waals surface area contributed by atoms with Crippen molar-refractivity contribution in [3.63, 3.8) is 0 Å². The summed E-state index contributed by atoms with van der Waals surface area (Å²) in [5.41, 5.74) is 0.623. The molecule has 1 heterocycles. The van der Waals surface area contributed by atoms with E-state index in [9.17, 15) is 9.59 Å². The van der Waals surface area contributed by atoms with E-state index in [1.807, 2.05) is 0 Å². The van der Waals surface area contributed by atoms with Crippen LogP contribution in [0.4, 0.5) is 0 Å². The zero-order valence-electron chi connectivity index (χ0n) is 10.5. The van der Waals surface area contributed by atoms with Gasteiger partial charge < -0.3 is 9.15 Å². The van der Waals surface area contributed by atoms with Gasteiger partial charge >= 0.3 is 5.97 Å². The smallest absolute Gasteiger partial charge is 0.303 e. The molecule has 0 fully saturated rings. The first-order valence-electron chi connectivity index (χ1n) is 5.65. The number of carbonyl (C=O) groups is 1. The molecule has 5 heteroatoms. The summed E-state index contributed by atoms with van der Waals surface area (Å²) in [7, 11) is 0. The van der Waals surface area contributed by atoms with Crippen LogP contribution in [0.25, 0.3) is 11.0 Å². The van der Waals surface area contributed by atoms with Gasteiger partial charge in [0.1, 0.15) is 29.6 Å². The Morgan fingerprint density at radius 3 is 2.84 bits per heavy atom. The van der Waals surface area contributed by atoms with Crippen molar-refractivity contribution in [3.8, 4) is 6.07 Å². The van der Waals surface area contributed by atoms with Crippen molar-refractivity contribution in [2.45, 2.75) is 20.0 Å². The minimum Gasteiger partial charge on any atom is -0.463 e. The van der Waals surface area contributed by atoms with Gasteiger partial charge in [-0.3, -0.25) is 9.59 Å². The highest BCUT2D eigenvalue weighted by atomic mass is 16.5. The molecule has 96 valence electrons. The second-order valence-electron chi connectivity index (χ2n) is 4.10. The zero-order chi connectivity index (χ0) is 14.0. The zero-order valence-corrected chi connectivity index (χ0v) is 10.5. The van der Waals surface area contributed by atoms with E-state index in [-0.39, 0.29) is 11.0 Å². The highest BCUT2D eigenvalue weighted by molar-refractivity contribution is 5.78. The average Bonchev–Trinajstić information content (AvgIpc) is 2.38. The van der Waals surface area contributed by atoms with E-state index in [0.29, 0.717) is 16.5 Å². The fraction of sp³-hybridized carbons (Fsp3) is 0.214. The summed E-state index contributed by atoms with van der Waals surface area (Å²) < 4.78 is 10.2. The summed E-state index contributed by atoms with van der Waals surface area (Å²) in [6.45, 7) is 3.03. The maximum atomic E-state index is 12.0. The number of benzene rings is 1.